The van der Waals surface area contributed by atoms with E-state index in [1.165, 1.54) is 19.2 Å². The molecular formula is C17H21F3N2O. The van der Waals surface area contributed by atoms with Gasteiger partial charge in [-0.15, -0.1) is 0 Å². The van der Waals surface area contributed by atoms with Gasteiger partial charge in [-0.1, -0.05) is 0 Å². The fraction of sp³-hybridized carbons (Fsp3) is 0.588. The minimum Gasteiger partial charge on any atom is -0.359 e. The molecule has 1 aliphatic heterocycles. The van der Waals surface area contributed by atoms with Gasteiger partial charge in [0.1, 0.15) is 17.3 Å². The van der Waals surface area contributed by atoms with Gasteiger partial charge in [0.25, 0.3) is 0 Å². The summed E-state index contributed by atoms with van der Waals surface area (Å²) in [7, 11) is 1.47. The molecular weight excluding hydrogens is 305 g/mol. The molecule has 1 amide bonds. The first-order valence-corrected chi connectivity index (χ1v) is 8.04. The summed E-state index contributed by atoms with van der Waals surface area (Å²) in [5, 5.41) is 2.44. The normalized spacial score (nSPS) is 27.7. The third-order valence-corrected chi connectivity index (χ3v) is 4.91. The van der Waals surface area contributed by atoms with Crippen molar-refractivity contribution in [3.8, 4) is 0 Å². The van der Waals surface area contributed by atoms with Crippen LogP contribution in [0.2, 0.25) is 0 Å². The first-order chi connectivity index (χ1) is 10.9. The highest BCUT2D eigenvalue weighted by molar-refractivity contribution is 5.79. The van der Waals surface area contributed by atoms with Crippen molar-refractivity contribution in [3.63, 3.8) is 0 Å². The van der Waals surface area contributed by atoms with Gasteiger partial charge in [-0.05, 0) is 56.5 Å². The predicted molar refractivity (Wildman–Crippen MR) is 80.4 cm³/mol. The summed E-state index contributed by atoms with van der Waals surface area (Å²) >= 11 is 0. The molecule has 1 aromatic rings. The van der Waals surface area contributed by atoms with Gasteiger partial charge in [-0.3, -0.25) is 9.69 Å². The maximum Gasteiger partial charge on any atom is 0.223 e. The summed E-state index contributed by atoms with van der Waals surface area (Å²) in [5.74, 6) is -2.51. The molecule has 2 aliphatic rings. The number of alkyl halides is 1. The molecule has 0 spiro atoms. The standard InChI is InChI=1S/C17H21F3N2O/c1-21-16(23)12-8-17(20,9-12)15-13(18)6-11(7-14(15)19)10-22-4-2-3-5-22/h6-7,12H,2-5,8-10H2,1H3,(H,21,23)/t12-,17-. The molecule has 1 heterocycles. The maximum atomic E-state index is 14.8. The molecule has 23 heavy (non-hydrogen) atoms. The van der Waals surface area contributed by atoms with Crippen molar-refractivity contribution in [2.75, 3.05) is 20.1 Å². The number of hydrogen-bond acceptors (Lipinski definition) is 2. The van der Waals surface area contributed by atoms with Crippen molar-refractivity contribution in [2.45, 2.75) is 37.9 Å². The van der Waals surface area contributed by atoms with E-state index in [2.05, 4.69) is 10.2 Å². The Morgan fingerprint density at radius 3 is 2.35 bits per heavy atom. The van der Waals surface area contributed by atoms with E-state index >= 15 is 0 Å². The van der Waals surface area contributed by atoms with E-state index in [1.807, 2.05) is 0 Å². The number of rotatable bonds is 4. The van der Waals surface area contributed by atoms with Crippen LogP contribution in [0.3, 0.4) is 0 Å². The summed E-state index contributed by atoms with van der Waals surface area (Å²) in [5.41, 5.74) is -2.09. The topological polar surface area (TPSA) is 32.3 Å². The van der Waals surface area contributed by atoms with E-state index in [0.717, 1.165) is 25.9 Å². The number of likely N-dealkylation sites (tertiary alicyclic amines) is 1. The molecule has 3 rings (SSSR count). The van der Waals surface area contributed by atoms with Gasteiger partial charge in [0.15, 0.2) is 0 Å². The van der Waals surface area contributed by atoms with E-state index in [0.29, 0.717) is 12.1 Å². The Kier molecular flexibility index (Phi) is 4.36. The van der Waals surface area contributed by atoms with Crippen molar-refractivity contribution in [1.29, 1.82) is 0 Å². The Morgan fingerprint density at radius 1 is 1.26 bits per heavy atom. The average Bonchev–Trinajstić information content (AvgIpc) is 2.95. The quantitative estimate of drug-likeness (QED) is 0.923. The van der Waals surface area contributed by atoms with Crippen LogP contribution in [0.5, 0.6) is 0 Å². The molecule has 1 saturated heterocycles. The van der Waals surface area contributed by atoms with Crippen LogP contribution in [0.25, 0.3) is 0 Å². The Labute approximate surface area is 133 Å². The van der Waals surface area contributed by atoms with Crippen LogP contribution in [0.4, 0.5) is 13.2 Å². The summed E-state index contributed by atoms with van der Waals surface area (Å²) < 4.78 is 43.4. The van der Waals surface area contributed by atoms with Crippen molar-refractivity contribution < 1.29 is 18.0 Å². The van der Waals surface area contributed by atoms with Crippen LogP contribution in [-0.2, 0) is 17.0 Å². The molecule has 1 aliphatic carbocycles. The molecule has 1 N–H and O–H groups in total. The zero-order valence-corrected chi connectivity index (χ0v) is 13.2. The van der Waals surface area contributed by atoms with Crippen molar-refractivity contribution >= 4 is 5.91 Å². The van der Waals surface area contributed by atoms with E-state index in [9.17, 15) is 18.0 Å². The maximum absolute atomic E-state index is 14.8. The lowest BCUT2D eigenvalue weighted by atomic mass is 9.68. The minimum atomic E-state index is -2.09. The summed E-state index contributed by atoms with van der Waals surface area (Å²) in [6.07, 6.45) is 1.84. The van der Waals surface area contributed by atoms with Gasteiger partial charge in [-0.25, -0.2) is 13.2 Å². The lowest BCUT2D eigenvalue weighted by molar-refractivity contribution is -0.134. The molecule has 0 bridgehead atoms. The van der Waals surface area contributed by atoms with Crippen LogP contribution in [0.1, 0.15) is 36.8 Å². The highest BCUT2D eigenvalue weighted by Gasteiger charge is 2.51. The number of nitrogens with one attached hydrogen (secondary N) is 1. The van der Waals surface area contributed by atoms with Gasteiger partial charge in [0.05, 0.1) is 5.56 Å². The fourth-order valence-corrected chi connectivity index (χ4v) is 3.66. The van der Waals surface area contributed by atoms with E-state index in [1.54, 1.807) is 0 Å². The van der Waals surface area contributed by atoms with E-state index in [-0.39, 0.29) is 18.7 Å². The number of carbonyl (C=O) groups excluding carboxylic acids is 1. The molecule has 0 atom stereocenters. The van der Waals surface area contributed by atoms with Gasteiger partial charge in [0, 0.05) is 19.5 Å². The second kappa shape index (κ2) is 6.15. The van der Waals surface area contributed by atoms with E-state index < -0.39 is 28.8 Å². The van der Waals surface area contributed by atoms with Gasteiger partial charge in [-0.2, -0.15) is 0 Å². The highest BCUT2D eigenvalue weighted by atomic mass is 19.2. The summed E-state index contributed by atoms with van der Waals surface area (Å²) in [4.78, 5) is 13.6. The Bertz CT molecular complexity index is 585. The second-order valence-corrected chi connectivity index (χ2v) is 6.60. The Morgan fingerprint density at radius 2 is 1.83 bits per heavy atom. The molecule has 2 fully saturated rings. The van der Waals surface area contributed by atoms with Crippen molar-refractivity contribution in [2.24, 2.45) is 5.92 Å². The zero-order valence-electron chi connectivity index (χ0n) is 13.2. The number of amides is 1. The molecule has 0 unspecified atom stereocenters. The predicted octanol–water partition coefficient (Wildman–Crippen LogP) is 2.88. The average molecular weight is 326 g/mol. The summed E-state index contributed by atoms with van der Waals surface area (Å²) in [6, 6.07) is 2.45. The fourth-order valence-electron chi connectivity index (χ4n) is 3.66. The number of hydrogen-bond donors (Lipinski definition) is 1. The molecule has 0 aromatic heterocycles. The molecule has 1 aromatic carbocycles. The van der Waals surface area contributed by atoms with Crippen LogP contribution in [-0.4, -0.2) is 30.9 Å². The molecule has 3 nitrogen and oxygen atoms in total. The number of benzene rings is 1. The smallest absolute Gasteiger partial charge is 0.223 e. The van der Waals surface area contributed by atoms with Crippen molar-refractivity contribution in [1.82, 2.24) is 10.2 Å². The molecule has 6 heteroatoms. The Hall–Kier alpha value is -1.56. The van der Waals surface area contributed by atoms with Crippen molar-refractivity contribution in [3.05, 3.63) is 34.9 Å². The SMILES string of the molecule is CNC(=O)[C@H]1C[C@@](F)(c2c(F)cc(CN3CCCC3)cc2F)C1. The minimum absolute atomic E-state index is 0.175. The van der Waals surface area contributed by atoms with Gasteiger partial charge < -0.3 is 5.32 Å². The zero-order chi connectivity index (χ0) is 16.6. The number of nitrogens with zero attached hydrogens (tertiary/aromatic N) is 1. The third kappa shape index (κ3) is 3.09. The monoisotopic (exact) mass is 326 g/mol. The van der Waals surface area contributed by atoms with Crippen LogP contribution in [0.15, 0.2) is 12.1 Å². The largest absolute Gasteiger partial charge is 0.359 e. The van der Waals surface area contributed by atoms with Gasteiger partial charge in [0.2, 0.25) is 5.91 Å². The lowest BCUT2D eigenvalue weighted by Crippen LogP contribution is -2.45. The Balaban J connectivity index is 1.77. The summed E-state index contributed by atoms with van der Waals surface area (Å²) in [6.45, 7) is 2.33. The number of carbonyl (C=O) groups is 1. The van der Waals surface area contributed by atoms with Crippen LogP contribution in [0, 0.1) is 17.6 Å². The van der Waals surface area contributed by atoms with Crippen LogP contribution >= 0.6 is 0 Å². The van der Waals surface area contributed by atoms with Gasteiger partial charge >= 0.3 is 0 Å². The lowest BCUT2D eigenvalue weighted by Gasteiger charge is -2.40. The molecule has 0 radical (unpaired) electrons. The second-order valence-electron chi connectivity index (χ2n) is 6.60. The van der Waals surface area contributed by atoms with Crippen LogP contribution < -0.4 is 5.32 Å². The van der Waals surface area contributed by atoms with E-state index in [4.69, 9.17) is 0 Å². The molecule has 126 valence electrons. The molecule has 1 saturated carbocycles. The third-order valence-electron chi connectivity index (χ3n) is 4.91. The first-order valence-electron chi connectivity index (χ1n) is 8.04. The first kappa shape index (κ1) is 16.3. The number of halogens is 3. The highest BCUT2D eigenvalue weighted by Crippen LogP contribution is 2.50.